The Kier molecular flexibility index (Phi) is 3.43. The smallest absolute Gasteiger partial charge is 0.150 e. The van der Waals surface area contributed by atoms with Crippen molar-refractivity contribution in [2.75, 3.05) is 17.2 Å². The Morgan fingerprint density at radius 3 is 2.88 bits per heavy atom. The summed E-state index contributed by atoms with van der Waals surface area (Å²) in [4.78, 5) is 0. The number of nitrogens with two attached hydrogens (primary N) is 1. The zero-order valence-corrected chi connectivity index (χ0v) is 11.0. The normalized spacial score (nSPS) is 23.5. The number of aryl methyl sites for hydroxylation is 1. The van der Waals surface area contributed by atoms with E-state index in [4.69, 9.17) is 5.73 Å². The molecule has 0 amide bonds. The molecule has 4 heteroatoms. The van der Waals surface area contributed by atoms with Gasteiger partial charge in [-0.05, 0) is 43.7 Å². The van der Waals surface area contributed by atoms with E-state index in [0.29, 0.717) is 11.5 Å². The average Bonchev–Trinajstić information content (AvgIpc) is 2.22. The lowest BCUT2D eigenvalue weighted by molar-refractivity contribution is 0.484. The fourth-order valence-electron chi connectivity index (χ4n) is 2.50. The van der Waals surface area contributed by atoms with Crippen LogP contribution in [-0.2, 0) is 16.3 Å². The number of anilines is 1. The maximum atomic E-state index is 11.6. The van der Waals surface area contributed by atoms with E-state index >= 15 is 0 Å². The van der Waals surface area contributed by atoms with Crippen molar-refractivity contribution in [2.24, 2.45) is 5.92 Å². The highest BCUT2D eigenvalue weighted by Gasteiger charge is 2.25. The highest BCUT2D eigenvalue weighted by molar-refractivity contribution is 7.91. The highest BCUT2D eigenvalue weighted by atomic mass is 32.2. The maximum Gasteiger partial charge on any atom is 0.150 e. The van der Waals surface area contributed by atoms with Crippen LogP contribution in [0.25, 0.3) is 0 Å². The van der Waals surface area contributed by atoms with Gasteiger partial charge in [-0.3, -0.25) is 0 Å². The Morgan fingerprint density at radius 1 is 1.41 bits per heavy atom. The molecule has 1 aromatic rings. The third kappa shape index (κ3) is 3.22. The van der Waals surface area contributed by atoms with Crippen molar-refractivity contribution >= 4 is 15.5 Å². The second-order valence-electron chi connectivity index (χ2n) is 5.03. The van der Waals surface area contributed by atoms with E-state index in [1.807, 2.05) is 19.1 Å². The van der Waals surface area contributed by atoms with Crippen molar-refractivity contribution in [1.82, 2.24) is 0 Å². The molecule has 0 aliphatic carbocycles. The molecule has 2 rings (SSSR count). The molecule has 1 fully saturated rings. The second-order valence-corrected chi connectivity index (χ2v) is 7.26. The lowest BCUT2D eigenvalue weighted by Crippen LogP contribution is -2.26. The van der Waals surface area contributed by atoms with Crippen LogP contribution in [0.15, 0.2) is 18.2 Å². The predicted octanol–water partition coefficient (Wildman–Crippen LogP) is 1.94. The van der Waals surface area contributed by atoms with Gasteiger partial charge in [0, 0.05) is 5.69 Å². The van der Waals surface area contributed by atoms with Gasteiger partial charge in [-0.1, -0.05) is 17.7 Å². The average molecular weight is 253 g/mol. The summed E-state index contributed by atoms with van der Waals surface area (Å²) in [5.74, 6) is 0.908. The van der Waals surface area contributed by atoms with Gasteiger partial charge in [-0.25, -0.2) is 8.42 Å². The van der Waals surface area contributed by atoms with Gasteiger partial charge >= 0.3 is 0 Å². The van der Waals surface area contributed by atoms with Crippen LogP contribution >= 0.6 is 0 Å². The third-order valence-corrected chi connectivity index (χ3v) is 5.25. The van der Waals surface area contributed by atoms with E-state index in [2.05, 4.69) is 6.07 Å². The molecule has 1 aliphatic heterocycles. The molecule has 94 valence electrons. The number of rotatable bonds is 2. The van der Waals surface area contributed by atoms with Gasteiger partial charge in [-0.15, -0.1) is 0 Å². The molecule has 1 saturated heterocycles. The second kappa shape index (κ2) is 4.69. The molecule has 0 saturated carbocycles. The Morgan fingerprint density at radius 2 is 2.18 bits per heavy atom. The summed E-state index contributed by atoms with van der Waals surface area (Å²) in [6, 6.07) is 5.95. The number of hydrogen-bond donors (Lipinski definition) is 1. The molecule has 1 unspecified atom stereocenters. The lowest BCUT2D eigenvalue weighted by Gasteiger charge is -2.22. The number of sulfone groups is 1. The van der Waals surface area contributed by atoms with Crippen LogP contribution in [0.3, 0.4) is 0 Å². The molecule has 1 aliphatic rings. The topological polar surface area (TPSA) is 60.2 Å². The van der Waals surface area contributed by atoms with Crippen molar-refractivity contribution in [3.05, 3.63) is 29.3 Å². The predicted molar refractivity (Wildman–Crippen MR) is 70.7 cm³/mol. The first-order valence-electron chi connectivity index (χ1n) is 6.02. The van der Waals surface area contributed by atoms with Crippen LogP contribution in [0, 0.1) is 12.8 Å². The summed E-state index contributed by atoms with van der Waals surface area (Å²) in [7, 11) is -2.82. The maximum absolute atomic E-state index is 11.6. The van der Waals surface area contributed by atoms with Crippen LogP contribution in [-0.4, -0.2) is 19.9 Å². The van der Waals surface area contributed by atoms with Crippen LogP contribution in [0.5, 0.6) is 0 Å². The summed E-state index contributed by atoms with van der Waals surface area (Å²) in [5.41, 5.74) is 8.97. The molecule has 0 aromatic heterocycles. The molecule has 0 radical (unpaired) electrons. The molecule has 0 spiro atoms. The summed E-state index contributed by atoms with van der Waals surface area (Å²) in [6.45, 7) is 2.03. The van der Waals surface area contributed by atoms with Gasteiger partial charge in [0.25, 0.3) is 0 Å². The minimum Gasteiger partial charge on any atom is -0.399 e. The Labute approximate surface area is 103 Å². The molecule has 2 N–H and O–H groups in total. The van der Waals surface area contributed by atoms with Crippen LogP contribution in [0.4, 0.5) is 5.69 Å². The SMILES string of the molecule is Cc1ccc(N)c(CC2CCCS(=O)(=O)C2)c1. The van der Waals surface area contributed by atoms with E-state index < -0.39 is 9.84 Å². The van der Waals surface area contributed by atoms with Crippen molar-refractivity contribution in [3.63, 3.8) is 0 Å². The van der Waals surface area contributed by atoms with Crippen molar-refractivity contribution in [1.29, 1.82) is 0 Å². The van der Waals surface area contributed by atoms with E-state index in [9.17, 15) is 8.42 Å². The fraction of sp³-hybridized carbons (Fsp3) is 0.538. The van der Waals surface area contributed by atoms with Gasteiger partial charge in [0.2, 0.25) is 0 Å². The Balaban J connectivity index is 2.13. The first-order chi connectivity index (χ1) is 7.96. The summed E-state index contributed by atoms with van der Waals surface area (Å²) in [5, 5.41) is 0. The van der Waals surface area contributed by atoms with Crippen LogP contribution < -0.4 is 5.73 Å². The molecular weight excluding hydrogens is 234 g/mol. The first-order valence-corrected chi connectivity index (χ1v) is 7.84. The fourth-order valence-corrected chi connectivity index (χ4v) is 4.28. The Hall–Kier alpha value is -1.03. The summed E-state index contributed by atoms with van der Waals surface area (Å²) < 4.78 is 23.1. The van der Waals surface area contributed by atoms with E-state index in [1.54, 1.807) is 0 Å². The largest absolute Gasteiger partial charge is 0.399 e. The van der Waals surface area contributed by atoms with Gasteiger partial charge in [0.05, 0.1) is 11.5 Å². The quantitative estimate of drug-likeness (QED) is 0.819. The summed E-state index contributed by atoms with van der Waals surface area (Å²) in [6.07, 6.45) is 2.57. The van der Waals surface area contributed by atoms with Crippen molar-refractivity contribution in [2.45, 2.75) is 26.2 Å². The van der Waals surface area contributed by atoms with Gasteiger partial charge < -0.3 is 5.73 Å². The molecule has 1 heterocycles. The van der Waals surface area contributed by atoms with E-state index in [-0.39, 0.29) is 5.92 Å². The molecule has 1 aromatic carbocycles. The molecule has 0 bridgehead atoms. The first kappa shape index (κ1) is 12.4. The van der Waals surface area contributed by atoms with Gasteiger partial charge in [-0.2, -0.15) is 0 Å². The van der Waals surface area contributed by atoms with Crippen molar-refractivity contribution in [3.8, 4) is 0 Å². The standard InChI is InChI=1S/C13H19NO2S/c1-10-4-5-13(14)12(7-10)8-11-3-2-6-17(15,16)9-11/h4-5,7,11H,2-3,6,8-9,14H2,1H3. The monoisotopic (exact) mass is 253 g/mol. The molecular formula is C13H19NO2S. The molecule has 3 nitrogen and oxygen atoms in total. The summed E-state index contributed by atoms with van der Waals surface area (Å²) >= 11 is 0. The van der Waals surface area contributed by atoms with Crippen molar-refractivity contribution < 1.29 is 8.42 Å². The van der Waals surface area contributed by atoms with Crippen LogP contribution in [0.1, 0.15) is 24.0 Å². The molecule has 17 heavy (non-hydrogen) atoms. The van der Waals surface area contributed by atoms with E-state index in [1.165, 1.54) is 5.56 Å². The number of nitrogen functional groups attached to an aromatic ring is 1. The number of benzene rings is 1. The van der Waals surface area contributed by atoms with E-state index in [0.717, 1.165) is 30.5 Å². The minimum atomic E-state index is -2.82. The highest BCUT2D eigenvalue weighted by Crippen LogP contribution is 2.25. The Bertz CT molecular complexity index is 508. The zero-order chi connectivity index (χ0) is 12.5. The third-order valence-electron chi connectivity index (χ3n) is 3.36. The minimum absolute atomic E-state index is 0.234. The molecule has 1 atom stereocenters. The zero-order valence-electron chi connectivity index (χ0n) is 10.1. The number of hydrogen-bond acceptors (Lipinski definition) is 3. The van der Waals surface area contributed by atoms with Gasteiger partial charge in [0.15, 0.2) is 9.84 Å². The van der Waals surface area contributed by atoms with Gasteiger partial charge in [0.1, 0.15) is 0 Å². The van der Waals surface area contributed by atoms with Crippen LogP contribution in [0.2, 0.25) is 0 Å². The lowest BCUT2D eigenvalue weighted by atomic mass is 9.94.